The Bertz CT molecular complexity index is 23.9. The first-order chi connectivity index (χ1) is 4.41. The van der Waals surface area contributed by atoms with Crippen molar-refractivity contribution in [1.29, 1.82) is 0 Å². The summed E-state index contributed by atoms with van der Waals surface area (Å²) in [6.07, 6.45) is 2.61. The van der Waals surface area contributed by atoms with Crippen molar-refractivity contribution in [3.05, 3.63) is 0 Å². The minimum absolute atomic E-state index is 0. The SMILES string of the molecule is C.CC.CCCCNCC. The largest absolute Gasteiger partial charge is 0.317 e. The highest BCUT2D eigenvalue weighted by Gasteiger charge is 1.77. The van der Waals surface area contributed by atoms with Gasteiger partial charge in [0.25, 0.3) is 0 Å². The Kier molecular flexibility index (Phi) is 38.1. The molecule has 0 aliphatic heterocycles. The molecule has 1 heteroatoms. The Hall–Kier alpha value is -0.0400. The molecule has 0 spiro atoms. The predicted molar refractivity (Wildman–Crippen MR) is 51.5 cm³/mol. The molecule has 0 heterocycles. The summed E-state index contributed by atoms with van der Waals surface area (Å²) in [5.74, 6) is 0. The van der Waals surface area contributed by atoms with Crippen molar-refractivity contribution in [2.75, 3.05) is 13.1 Å². The number of unbranched alkanes of at least 4 members (excludes halogenated alkanes) is 1. The summed E-state index contributed by atoms with van der Waals surface area (Å²) < 4.78 is 0. The molecule has 0 radical (unpaired) electrons. The maximum atomic E-state index is 3.25. The summed E-state index contributed by atoms with van der Waals surface area (Å²) in [6.45, 7) is 10.6. The molecule has 1 nitrogen and oxygen atoms in total. The van der Waals surface area contributed by atoms with Gasteiger partial charge < -0.3 is 5.32 Å². The van der Waals surface area contributed by atoms with Crippen molar-refractivity contribution in [2.24, 2.45) is 0 Å². The van der Waals surface area contributed by atoms with E-state index in [2.05, 4.69) is 19.2 Å². The molecule has 0 fully saturated rings. The average Bonchev–Trinajstić information content (AvgIpc) is 1.94. The predicted octanol–water partition coefficient (Wildman–Crippen LogP) is 3.06. The molecule has 0 bridgehead atoms. The minimum Gasteiger partial charge on any atom is -0.317 e. The maximum absolute atomic E-state index is 3.25. The highest BCUT2D eigenvalue weighted by molar-refractivity contribution is 4.39. The van der Waals surface area contributed by atoms with Crippen molar-refractivity contribution < 1.29 is 0 Å². The van der Waals surface area contributed by atoms with Gasteiger partial charge in [0.05, 0.1) is 0 Å². The van der Waals surface area contributed by atoms with E-state index >= 15 is 0 Å². The zero-order chi connectivity index (χ0) is 7.54. The molecule has 0 unspecified atom stereocenters. The summed E-state index contributed by atoms with van der Waals surface area (Å²) in [4.78, 5) is 0. The smallest absolute Gasteiger partial charge is 0.00491 e. The summed E-state index contributed by atoms with van der Waals surface area (Å²) in [6, 6.07) is 0. The molecule has 0 saturated carbocycles. The van der Waals surface area contributed by atoms with E-state index in [-0.39, 0.29) is 7.43 Å². The van der Waals surface area contributed by atoms with Crippen LogP contribution in [0.4, 0.5) is 0 Å². The standard InChI is InChI=1S/C6H15N.C2H6.CH4/c1-3-5-6-7-4-2;1-2;/h7H,3-6H2,1-2H3;1-2H3;1H4. The fourth-order valence-electron chi connectivity index (χ4n) is 0.479. The number of rotatable bonds is 4. The summed E-state index contributed by atoms with van der Waals surface area (Å²) in [5, 5.41) is 3.25. The molecule has 0 amide bonds. The molecular formula is C9H25N. The van der Waals surface area contributed by atoms with Crippen molar-refractivity contribution >= 4 is 0 Å². The molecule has 10 heavy (non-hydrogen) atoms. The van der Waals surface area contributed by atoms with E-state index < -0.39 is 0 Å². The second-order valence-corrected chi connectivity index (χ2v) is 1.71. The van der Waals surface area contributed by atoms with E-state index in [1.54, 1.807) is 0 Å². The Labute approximate surface area is 67.2 Å². The van der Waals surface area contributed by atoms with Crippen LogP contribution in [-0.2, 0) is 0 Å². The lowest BCUT2D eigenvalue weighted by atomic mass is 10.3. The number of hydrogen-bond donors (Lipinski definition) is 1. The van der Waals surface area contributed by atoms with E-state index in [0.717, 1.165) is 6.54 Å². The minimum atomic E-state index is 0. The lowest BCUT2D eigenvalue weighted by molar-refractivity contribution is 0.663. The summed E-state index contributed by atoms with van der Waals surface area (Å²) in [5.41, 5.74) is 0. The third kappa shape index (κ3) is 24.6. The second-order valence-electron chi connectivity index (χ2n) is 1.71. The van der Waals surface area contributed by atoms with Crippen LogP contribution in [0, 0.1) is 0 Å². The van der Waals surface area contributed by atoms with E-state index in [4.69, 9.17) is 0 Å². The van der Waals surface area contributed by atoms with Crippen LogP contribution in [0.1, 0.15) is 48.0 Å². The van der Waals surface area contributed by atoms with E-state index in [9.17, 15) is 0 Å². The van der Waals surface area contributed by atoms with Crippen LogP contribution in [0.15, 0.2) is 0 Å². The molecule has 0 aromatic rings. The van der Waals surface area contributed by atoms with Gasteiger partial charge in [0.1, 0.15) is 0 Å². The van der Waals surface area contributed by atoms with Crippen LogP contribution in [0.3, 0.4) is 0 Å². The van der Waals surface area contributed by atoms with Crippen LogP contribution in [0.5, 0.6) is 0 Å². The first-order valence-electron chi connectivity index (χ1n) is 4.12. The van der Waals surface area contributed by atoms with Crippen LogP contribution in [-0.4, -0.2) is 13.1 Å². The second kappa shape index (κ2) is 23.1. The fraction of sp³-hybridized carbons (Fsp3) is 1.00. The molecular weight excluding hydrogens is 122 g/mol. The summed E-state index contributed by atoms with van der Waals surface area (Å²) in [7, 11) is 0. The van der Waals surface area contributed by atoms with Crippen LogP contribution in [0.25, 0.3) is 0 Å². The Morgan fingerprint density at radius 3 is 1.90 bits per heavy atom. The lowest BCUT2D eigenvalue weighted by Crippen LogP contribution is -2.13. The lowest BCUT2D eigenvalue weighted by Gasteiger charge is -1.95. The molecule has 0 saturated heterocycles. The van der Waals surface area contributed by atoms with Gasteiger partial charge in [-0.25, -0.2) is 0 Å². The molecule has 0 aliphatic rings. The van der Waals surface area contributed by atoms with Crippen molar-refractivity contribution in [2.45, 2.75) is 48.0 Å². The maximum Gasteiger partial charge on any atom is -0.00491 e. The van der Waals surface area contributed by atoms with Gasteiger partial charge >= 0.3 is 0 Å². The fourth-order valence-corrected chi connectivity index (χ4v) is 0.479. The van der Waals surface area contributed by atoms with Gasteiger partial charge in [-0.15, -0.1) is 0 Å². The highest BCUT2D eigenvalue weighted by Crippen LogP contribution is 1.80. The third-order valence-electron chi connectivity index (χ3n) is 0.957. The van der Waals surface area contributed by atoms with E-state index in [1.165, 1.54) is 19.4 Å². The Balaban J connectivity index is -0.000000149. The molecule has 0 rings (SSSR count). The van der Waals surface area contributed by atoms with Crippen LogP contribution < -0.4 is 5.32 Å². The monoisotopic (exact) mass is 147 g/mol. The third-order valence-corrected chi connectivity index (χ3v) is 0.957. The van der Waals surface area contributed by atoms with E-state index in [1.807, 2.05) is 13.8 Å². The van der Waals surface area contributed by atoms with Gasteiger partial charge in [0.15, 0.2) is 0 Å². The number of nitrogens with one attached hydrogen (secondary N) is 1. The van der Waals surface area contributed by atoms with Gasteiger partial charge in [-0.2, -0.15) is 0 Å². The zero-order valence-electron chi connectivity index (χ0n) is 7.33. The average molecular weight is 147 g/mol. The van der Waals surface area contributed by atoms with Crippen LogP contribution in [0.2, 0.25) is 0 Å². The van der Waals surface area contributed by atoms with Gasteiger partial charge in [-0.1, -0.05) is 41.5 Å². The van der Waals surface area contributed by atoms with Gasteiger partial charge in [-0.05, 0) is 19.5 Å². The summed E-state index contributed by atoms with van der Waals surface area (Å²) >= 11 is 0. The quantitative estimate of drug-likeness (QED) is 0.603. The van der Waals surface area contributed by atoms with Crippen molar-refractivity contribution in [1.82, 2.24) is 5.32 Å². The van der Waals surface area contributed by atoms with Crippen LogP contribution >= 0.6 is 0 Å². The van der Waals surface area contributed by atoms with Gasteiger partial charge in [0.2, 0.25) is 0 Å². The number of hydrogen-bond acceptors (Lipinski definition) is 1. The molecule has 66 valence electrons. The molecule has 0 aromatic heterocycles. The Morgan fingerprint density at radius 2 is 1.60 bits per heavy atom. The van der Waals surface area contributed by atoms with Crippen molar-refractivity contribution in [3.63, 3.8) is 0 Å². The first-order valence-corrected chi connectivity index (χ1v) is 4.12. The normalized spacial score (nSPS) is 7.20. The van der Waals surface area contributed by atoms with Gasteiger partial charge in [0, 0.05) is 0 Å². The molecule has 0 atom stereocenters. The highest BCUT2D eigenvalue weighted by atomic mass is 14.8. The molecule has 0 aromatic carbocycles. The Morgan fingerprint density at radius 1 is 1.10 bits per heavy atom. The first kappa shape index (κ1) is 16.5. The zero-order valence-corrected chi connectivity index (χ0v) is 7.33. The molecule has 0 aliphatic carbocycles. The van der Waals surface area contributed by atoms with E-state index in [0.29, 0.717) is 0 Å². The van der Waals surface area contributed by atoms with Crippen molar-refractivity contribution in [3.8, 4) is 0 Å². The van der Waals surface area contributed by atoms with Gasteiger partial charge in [-0.3, -0.25) is 0 Å². The topological polar surface area (TPSA) is 12.0 Å². The molecule has 1 N–H and O–H groups in total.